The van der Waals surface area contributed by atoms with Crippen molar-refractivity contribution in [3.8, 4) is 0 Å². The number of aromatic nitrogens is 1. The maximum atomic E-state index is 12.4. The van der Waals surface area contributed by atoms with Crippen LogP contribution >= 0.6 is 0 Å². The third-order valence-electron chi connectivity index (χ3n) is 6.81. The lowest BCUT2D eigenvalue weighted by Crippen LogP contribution is -2.49. The molecule has 31 heavy (non-hydrogen) atoms. The summed E-state index contributed by atoms with van der Waals surface area (Å²) in [5.41, 5.74) is 8.55. The number of likely N-dealkylation sites (tertiary alicyclic amines) is 1. The van der Waals surface area contributed by atoms with Crippen LogP contribution in [0.25, 0.3) is 0 Å². The maximum Gasteiger partial charge on any atom is 0.407 e. The van der Waals surface area contributed by atoms with Gasteiger partial charge in [-0.3, -0.25) is 9.88 Å². The second-order valence-electron chi connectivity index (χ2n) is 10.0. The van der Waals surface area contributed by atoms with Crippen molar-refractivity contribution in [1.82, 2.24) is 9.88 Å². The molecule has 1 amide bonds. The van der Waals surface area contributed by atoms with Gasteiger partial charge in [0, 0.05) is 24.1 Å². The van der Waals surface area contributed by atoms with Crippen molar-refractivity contribution in [3.05, 3.63) is 59.9 Å². The molecule has 1 aliphatic heterocycles. The average molecular weight is 442 g/mol. The Hall–Kier alpha value is -2.38. The molecule has 1 aliphatic rings. The predicted molar refractivity (Wildman–Crippen MR) is 126 cm³/mol. The number of carboxylic acid groups (broad SMARTS) is 1. The fourth-order valence-electron chi connectivity index (χ4n) is 4.04. The van der Waals surface area contributed by atoms with Gasteiger partial charge in [-0.05, 0) is 66.7 Å². The first-order chi connectivity index (χ1) is 14.5. The standard InChI is InChI=1S/C24H35N3O3Si/c1-24(2,3)31(4,5)30-22(18-7-6-14-26-16-18)21-13-12-20(27(21)23(28)29)15-17-8-10-19(25)11-9-17/h6-11,14,16,20-22H,12-13,15,25H2,1-5H3,(H,28,29)/t20-,21+,22?/m0/s1. The minimum atomic E-state index is -2.15. The molecule has 2 heterocycles. The summed E-state index contributed by atoms with van der Waals surface area (Å²) >= 11 is 0. The quantitative estimate of drug-likeness (QED) is 0.458. The molecular formula is C24H35N3O3Si. The number of rotatable bonds is 6. The van der Waals surface area contributed by atoms with Crippen molar-refractivity contribution in [3.63, 3.8) is 0 Å². The molecule has 3 rings (SSSR count). The van der Waals surface area contributed by atoms with Crippen LogP contribution in [0.2, 0.25) is 18.1 Å². The van der Waals surface area contributed by atoms with E-state index in [1.807, 2.05) is 42.6 Å². The lowest BCUT2D eigenvalue weighted by molar-refractivity contribution is 0.0597. The van der Waals surface area contributed by atoms with Crippen LogP contribution in [0.15, 0.2) is 48.8 Å². The summed E-state index contributed by atoms with van der Waals surface area (Å²) in [5.74, 6) is 0. The highest BCUT2D eigenvalue weighted by atomic mass is 28.4. The van der Waals surface area contributed by atoms with Crippen LogP contribution in [-0.2, 0) is 10.8 Å². The first-order valence-electron chi connectivity index (χ1n) is 10.9. The third kappa shape index (κ3) is 5.27. The molecule has 2 aromatic rings. The molecular weight excluding hydrogens is 406 g/mol. The van der Waals surface area contributed by atoms with Crippen LogP contribution in [0, 0.1) is 0 Å². The Bertz CT molecular complexity index is 881. The average Bonchev–Trinajstić information content (AvgIpc) is 3.11. The van der Waals surface area contributed by atoms with Crippen molar-refractivity contribution >= 4 is 20.1 Å². The van der Waals surface area contributed by atoms with Crippen LogP contribution in [-0.4, -0.2) is 41.5 Å². The zero-order valence-corrected chi connectivity index (χ0v) is 20.2. The second-order valence-corrected chi connectivity index (χ2v) is 14.8. The summed E-state index contributed by atoms with van der Waals surface area (Å²) in [6, 6.07) is 11.3. The van der Waals surface area contributed by atoms with E-state index in [-0.39, 0.29) is 23.2 Å². The molecule has 1 aromatic heterocycles. The van der Waals surface area contributed by atoms with Gasteiger partial charge >= 0.3 is 6.09 Å². The highest BCUT2D eigenvalue weighted by Gasteiger charge is 2.46. The number of hydrogen-bond acceptors (Lipinski definition) is 4. The van der Waals surface area contributed by atoms with Gasteiger partial charge in [0.15, 0.2) is 8.32 Å². The second kappa shape index (κ2) is 9.00. The van der Waals surface area contributed by atoms with Crippen molar-refractivity contribution in [2.75, 3.05) is 5.73 Å². The van der Waals surface area contributed by atoms with Crippen LogP contribution in [0.5, 0.6) is 0 Å². The van der Waals surface area contributed by atoms with Gasteiger partial charge in [-0.1, -0.05) is 39.0 Å². The number of hydrogen-bond donors (Lipinski definition) is 2. The minimum absolute atomic E-state index is 0.0173. The van der Waals surface area contributed by atoms with Crippen LogP contribution < -0.4 is 5.73 Å². The summed E-state index contributed by atoms with van der Waals surface area (Å²) in [6.45, 7) is 11.0. The molecule has 1 unspecified atom stereocenters. The molecule has 6 nitrogen and oxygen atoms in total. The van der Waals surface area contributed by atoms with Gasteiger partial charge in [-0.25, -0.2) is 4.79 Å². The van der Waals surface area contributed by atoms with E-state index in [9.17, 15) is 9.90 Å². The number of amides is 1. The van der Waals surface area contributed by atoms with Gasteiger partial charge < -0.3 is 15.3 Å². The number of anilines is 1. The number of pyridine rings is 1. The lowest BCUT2D eigenvalue weighted by atomic mass is 10.0. The largest absolute Gasteiger partial charge is 0.465 e. The Morgan fingerprint density at radius 2 is 1.94 bits per heavy atom. The van der Waals surface area contributed by atoms with Gasteiger partial charge in [0.25, 0.3) is 0 Å². The molecule has 1 fully saturated rings. The third-order valence-corrected chi connectivity index (χ3v) is 11.3. The fraction of sp³-hybridized carbons (Fsp3) is 0.500. The van der Waals surface area contributed by atoms with Gasteiger partial charge in [0.05, 0.1) is 12.1 Å². The van der Waals surface area contributed by atoms with E-state index < -0.39 is 14.4 Å². The lowest BCUT2D eigenvalue weighted by Gasteiger charge is -2.42. The Labute approximate surface area is 186 Å². The number of carbonyl (C=O) groups is 1. The minimum Gasteiger partial charge on any atom is -0.465 e. The van der Waals surface area contributed by atoms with E-state index in [1.165, 1.54) is 0 Å². The number of benzene rings is 1. The predicted octanol–water partition coefficient (Wildman–Crippen LogP) is 5.48. The van der Waals surface area contributed by atoms with Crippen LogP contribution in [0.3, 0.4) is 0 Å². The number of nitrogen functional groups attached to an aromatic ring is 1. The van der Waals surface area contributed by atoms with Crippen molar-refractivity contribution in [2.24, 2.45) is 0 Å². The first-order valence-corrected chi connectivity index (χ1v) is 13.8. The Kier molecular flexibility index (Phi) is 6.76. The zero-order valence-electron chi connectivity index (χ0n) is 19.2. The number of nitrogens with two attached hydrogens (primary N) is 1. The topological polar surface area (TPSA) is 88.7 Å². The first kappa shape index (κ1) is 23.3. The molecule has 0 aliphatic carbocycles. The van der Waals surface area contributed by atoms with Gasteiger partial charge in [0.1, 0.15) is 0 Å². The highest BCUT2D eigenvalue weighted by Crippen LogP contribution is 2.44. The van der Waals surface area contributed by atoms with Gasteiger partial charge in [-0.15, -0.1) is 0 Å². The molecule has 0 radical (unpaired) electrons. The molecule has 1 aromatic carbocycles. The van der Waals surface area contributed by atoms with Gasteiger partial charge in [0.2, 0.25) is 0 Å². The summed E-state index contributed by atoms with van der Waals surface area (Å²) in [5, 5.41) is 10.2. The monoisotopic (exact) mass is 441 g/mol. The molecule has 0 saturated carbocycles. The Morgan fingerprint density at radius 1 is 1.26 bits per heavy atom. The molecule has 0 spiro atoms. The normalized spacial score (nSPS) is 20.6. The summed E-state index contributed by atoms with van der Waals surface area (Å²) in [7, 11) is -2.15. The summed E-state index contributed by atoms with van der Waals surface area (Å²) in [6.07, 6.45) is 4.56. The van der Waals surface area contributed by atoms with E-state index >= 15 is 0 Å². The Balaban J connectivity index is 1.92. The van der Waals surface area contributed by atoms with Crippen LogP contribution in [0.4, 0.5) is 10.5 Å². The highest BCUT2D eigenvalue weighted by molar-refractivity contribution is 6.74. The van der Waals surface area contributed by atoms with E-state index in [0.717, 1.165) is 24.0 Å². The zero-order chi connectivity index (χ0) is 22.8. The van der Waals surface area contributed by atoms with Gasteiger partial charge in [-0.2, -0.15) is 0 Å². The Morgan fingerprint density at radius 3 is 2.48 bits per heavy atom. The molecule has 0 bridgehead atoms. The van der Waals surface area contributed by atoms with E-state index in [4.69, 9.17) is 10.2 Å². The van der Waals surface area contributed by atoms with Crippen molar-refractivity contribution < 1.29 is 14.3 Å². The number of nitrogens with zero attached hydrogens (tertiary/aromatic N) is 2. The molecule has 7 heteroatoms. The smallest absolute Gasteiger partial charge is 0.407 e. The van der Waals surface area contributed by atoms with Crippen molar-refractivity contribution in [1.29, 1.82) is 0 Å². The van der Waals surface area contributed by atoms with Crippen molar-refractivity contribution in [2.45, 2.75) is 76.4 Å². The summed E-state index contributed by atoms with van der Waals surface area (Å²) < 4.78 is 6.84. The fourth-order valence-corrected chi connectivity index (χ4v) is 5.32. The molecule has 3 N–H and O–H groups in total. The van der Waals surface area contributed by atoms with E-state index in [0.29, 0.717) is 12.1 Å². The molecule has 3 atom stereocenters. The van der Waals surface area contributed by atoms with E-state index in [1.54, 1.807) is 11.1 Å². The van der Waals surface area contributed by atoms with E-state index in [2.05, 4.69) is 38.8 Å². The maximum absolute atomic E-state index is 12.4. The van der Waals surface area contributed by atoms with Crippen LogP contribution in [0.1, 0.15) is 50.8 Å². The molecule has 168 valence electrons. The SMILES string of the molecule is CC(C)(C)[Si](C)(C)OC(c1cccnc1)[C@H]1CC[C@@H](Cc2ccc(N)cc2)N1C(=O)O. The molecule has 1 saturated heterocycles. The summed E-state index contributed by atoms with van der Waals surface area (Å²) in [4.78, 5) is 18.3.